The van der Waals surface area contributed by atoms with E-state index in [1.165, 1.54) is 17.7 Å². The molecule has 1 aliphatic carbocycles. The molecule has 0 aliphatic heterocycles. The number of nitrogens with one attached hydrogen (secondary N) is 1. The zero-order valence-electron chi connectivity index (χ0n) is 11.5. The Morgan fingerprint density at radius 2 is 2.26 bits per heavy atom. The summed E-state index contributed by atoms with van der Waals surface area (Å²) >= 11 is 0. The highest BCUT2D eigenvalue weighted by Crippen LogP contribution is 2.23. The second-order valence-electron chi connectivity index (χ2n) is 4.88. The Labute approximate surface area is 114 Å². The van der Waals surface area contributed by atoms with Crippen molar-refractivity contribution in [2.45, 2.75) is 25.7 Å². The van der Waals surface area contributed by atoms with E-state index in [9.17, 15) is 0 Å². The summed E-state index contributed by atoms with van der Waals surface area (Å²) in [5.41, 5.74) is 8.04. The molecule has 2 rings (SSSR count). The summed E-state index contributed by atoms with van der Waals surface area (Å²) in [7, 11) is 1.69. The predicted molar refractivity (Wildman–Crippen MR) is 76.9 cm³/mol. The highest BCUT2D eigenvalue weighted by atomic mass is 16.5. The third kappa shape index (κ3) is 3.67. The van der Waals surface area contributed by atoms with Gasteiger partial charge in [-0.05, 0) is 30.9 Å². The number of fused-ring (bicyclic) bond motifs is 1. The normalized spacial score (nSPS) is 13.3. The van der Waals surface area contributed by atoms with Crippen molar-refractivity contribution >= 4 is 11.7 Å². The number of hydrogen-bond acceptors (Lipinski definition) is 4. The zero-order chi connectivity index (χ0) is 13.7. The minimum absolute atomic E-state index is 0.212. The molecule has 0 spiro atoms. The molecule has 104 valence electrons. The number of hydrogen-bond donors (Lipinski definition) is 2. The van der Waals surface area contributed by atoms with Crippen LogP contribution in [0.25, 0.3) is 0 Å². The number of pyridine rings is 1. The maximum Gasteiger partial charge on any atom is 0.128 e. The van der Waals surface area contributed by atoms with Crippen molar-refractivity contribution in [3.63, 3.8) is 0 Å². The van der Waals surface area contributed by atoms with E-state index in [0.29, 0.717) is 19.6 Å². The van der Waals surface area contributed by atoms with Crippen LogP contribution in [0.4, 0.5) is 5.82 Å². The van der Waals surface area contributed by atoms with Gasteiger partial charge in [-0.15, -0.1) is 0 Å². The Morgan fingerprint density at radius 1 is 1.42 bits per heavy atom. The molecule has 3 N–H and O–H groups in total. The summed E-state index contributed by atoms with van der Waals surface area (Å²) in [5.74, 6) is 1.18. The first kappa shape index (κ1) is 13.8. The SMILES string of the molecule is COCCN(CCC(=N)N)c1ccc2c(n1)CCC2. The Balaban J connectivity index is 2.09. The highest BCUT2D eigenvalue weighted by Gasteiger charge is 2.15. The molecule has 0 saturated carbocycles. The van der Waals surface area contributed by atoms with Crippen LogP contribution in [0, 0.1) is 5.41 Å². The van der Waals surface area contributed by atoms with Crippen LogP contribution in [0.15, 0.2) is 12.1 Å². The van der Waals surface area contributed by atoms with Crippen LogP contribution in [0.1, 0.15) is 24.1 Å². The Kier molecular flexibility index (Phi) is 4.74. The van der Waals surface area contributed by atoms with Gasteiger partial charge in [0.25, 0.3) is 0 Å². The Hall–Kier alpha value is -1.62. The van der Waals surface area contributed by atoms with E-state index in [0.717, 1.165) is 25.2 Å². The molecule has 0 fully saturated rings. The van der Waals surface area contributed by atoms with Crippen molar-refractivity contribution in [1.82, 2.24) is 4.98 Å². The van der Waals surface area contributed by atoms with Gasteiger partial charge in [0.1, 0.15) is 5.82 Å². The topological polar surface area (TPSA) is 75.2 Å². The first-order chi connectivity index (χ1) is 9.20. The molecule has 0 aromatic carbocycles. The molecule has 0 atom stereocenters. The first-order valence-corrected chi connectivity index (χ1v) is 6.76. The van der Waals surface area contributed by atoms with Gasteiger partial charge in [-0.2, -0.15) is 0 Å². The fourth-order valence-electron chi connectivity index (χ4n) is 2.38. The number of nitrogens with two attached hydrogens (primary N) is 1. The summed E-state index contributed by atoms with van der Waals surface area (Å²) in [6.45, 7) is 2.14. The summed E-state index contributed by atoms with van der Waals surface area (Å²) in [4.78, 5) is 6.89. The van der Waals surface area contributed by atoms with Crippen LogP contribution in [0.2, 0.25) is 0 Å². The van der Waals surface area contributed by atoms with E-state index < -0.39 is 0 Å². The van der Waals surface area contributed by atoms with Gasteiger partial charge in [-0.25, -0.2) is 4.98 Å². The van der Waals surface area contributed by atoms with Gasteiger partial charge in [0.15, 0.2) is 0 Å². The minimum atomic E-state index is 0.212. The van der Waals surface area contributed by atoms with E-state index in [-0.39, 0.29) is 5.84 Å². The van der Waals surface area contributed by atoms with Gasteiger partial charge < -0.3 is 15.4 Å². The van der Waals surface area contributed by atoms with Crippen molar-refractivity contribution in [1.29, 1.82) is 5.41 Å². The molecule has 19 heavy (non-hydrogen) atoms. The average molecular weight is 262 g/mol. The molecule has 0 saturated heterocycles. The summed E-state index contributed by atoms with van der Waals surface area (Å²) < 4.78 is 5.14. The molecule has 0 radical (unpaired) electrons. The van der Waals surface area contributed by atoms with Gasteiger partial charge in [0, 0.05) is 32.3 Å². The van der Waals surface area contributed by atoms with Crippen molar-refractivity contribution in [3.05, 3.63) is 23.4 Å². The predicted octanol–water partition coefficient (Wildman–Crippen LogP) is 1.35. The van der Waals surface area contributed by atoms with Crippen LogP contribution in [-0.4, -0.2) is 37.6 Å². The fraction of sp³-hybridized carbons (Fsp3) is 0.571. The molecule has 1 aromatic rings. The van der Waals surface area contributed by atoms with Gasteiger partial charge >= 0.3 is 0 Å². The van der Waals surface area contributed by atoms with E-state index in [4.69, 9.17) is 20.9 Å². The van der Waals surface area contributed by atoms with Crippen molar-refractivity contribution < 1.29 is 4.74 Å². The van der Waals surface area contributed by atoms with Crippen molar-refractivity contribution in [2.24, 2.45) is 5.73 Å². The first-order valence-electron chi connectivity index (χ1n) is 6.76. The third-order valence-electron chi connectivity index (χ3n) is 3.45. The maximum absolute atomic E-state index is 7.35. The Morgan fingerprint density at radius 3 is 3.00 bits per heavy atom. The monoisotopic (exact) mass is 262 g/mol. The van der Waals surface area contributed by atoms with Crippen LogP contribution in [-0.2, 0) is 17.6 Å². The molecule has 0 unspecified atom stereocenters. The standard InChI is InChI=1S/C14H22N4O/c1-19-10-9-18(8-7-13(15)16)14-6-5-11-3-2-4-12(11)17-14/h5-6H,2-4,7-10H2,1H3,(H3,15,16). The number of aromatic nitrogens is 1. The number of ether oxygens (including phenoxy) is 1. The van der Waals surface area contributed by atoms with Crippen LogP contribution in [0.3, 0.4) is 0 Å². The average Bonchev–Trinajstić information content (AvgIpc) is 2.85. The maximum atomic E-state index is 7.35. The molecule has 1 aromatic heterocycles. The van der Waals surface area contributed by atoms with Crippen molar-refractivity contribution in [3.8, 4) is 0 Å². The quantitative estimate of drug-likeness (QED) is 0.574. The van der Waals surface area contributed by atoms with Crippen molar-refractivity contribution in [2.75, 3.05) is 31.7 Å². The molecule has 5 nitrogen and oxygen atoms in total. The van der Waals surface area contributed by atoms with Crippen LogP contribution in [0.5, 0.6) is 0 Å². The van der Waals surface area contributed by atoms with Gasteiger partial charge in [0.2, 0.25) is 0 Å². The van der Waals surface area contributed by atoms with E-state index in [1.54, 1.807) is 7.11 Å². The molecule has 0 amide bonds. The lowest BCUT2D eigenvalue weighted by molar-refractivity contribution is 0.205. The van der Waals surface area contributed by atoms with Gasteiger partial charge in [0.05, 0.1) is 12.4 Å². The number of amidine groups is 1. The largest absolute Gasteiger partial charge is 0.388 e. The zero-order valence-corrected chi connectivity index (χ0v) is 11.5. The summed E-state index contributed by atoms with van der Waals surface area (Å²) in [6.07, 6.45) is 3.99. The van der Waals surface area contributed by atoms with E-state index in [2.05, 4.69) is 17.0 Å². The highest BCUT2D eigenvalue weighted by molar-refractivity contribution is 5.77. The lowest BCUT2D eigenvalue weighted by atomic mass is 10.2. The number of nitrogens with zero attached hydrogens (tertiary/aromatic N) is 2. The molecular formula is C14H22N4O. The minimum Gasteiger partial charge on any atom is -0.388 e. The molecule has 5 heteroatoms. The second kappa shape index (κ2) is 6.52. The fourth-order valence-corrected chi connectivity index (χ4v) is 2.38. The van der Waals surface area contributed by atoms with Crippen LogP contribution >= 0.6 is 0 Å². The molecular weight excluding hydrogens is 240 g/mol. The summed E-state index contributed by atoms with van der Waals surface area (Å²) in [6, 6.07) is 4.25. The van der Waals surface area contributed by atoms with E-state index >= 15 is 0 Å². The van der Waals surface area contributed by atoms with Gasteiger partial charge in [-0.1, -0.05) is 6.07 Å². The third-order valence-corrected chi connectivity index (χ3v) is 3.45. The van der Waals surface area contributed by atoms with E-state index in [1.807, 2.05) is 0 Å². The molecule has 1 heterocycles. The number of anilines is 1. The second-order valence-corrected chi connectivity index (χ2v) is 4.88. The van der Waals surface area contributed by atoms with Gasteiger partial charge in [-0.3, -0.25) is 5.41 Å². The Bertz CT molecular complexity index is 447. The number of aryl methyl sites for hydroxylation is 2. The number of rotatable bonds is 7. The van der Waals surface area contributed by atoms with Crippen LogP contribution < -0.4 is 10.6 Å². The molecule has 1 aliphatic rings. The number of methoxy groups -OCH3 is 1. The lowest BCUT2D eigenvalue weighted by Crippen LogP contribution is -2.31. The smallest absolute Gasteiger partial charge is 0.128 e. The molecule has 0 bridgehead atoms. The summed E-state index contributed by atoms with van der Waals surface area (Å²) in [5, 5.41) is 7.35. The lowest BCUT2D eigenvalue weighted by Gasteiger charge is -2.23.